The van der Waals surface area contributed by atoms with Crippen molar-refractivity contribution in [1.82, 2.24) is 14.5 Å². The Morgan fingerprint density at radius 1 is 1.21 bits per heavy atom. The van der Waals surface area contributed by atoms with Crippen LogP contribution in [0.25, 0.3) is 16.8 Å². The maximum atomic E-state index is 14.4. The Morgan fingerprint density at radius 2 is 1.93 bits per heavy atom. The topological polar surface area (TPSA) is 37.6 Å². The van der Waals surface area contributed by atoms with Gasteiger partial charge in [-0.1, -0.05) is 28.1 Å². The Labute approximate surface area is 166 Å². The Balaban J connectivity index is 2.29. The third-order valence-electron chi connectivity index (χ3n) is 3.87. The van der Waals surface area contributed by atoms with Gasteiger partial charge in [-0.15, -0.1) is 0 Å². The number of carbonyl (C=O) groups is 1. The van der Waals surface area contributed by atoms with Crippen LogP contribution in [0.15, 0.2) is 59.1 Å². The normalized spacial score (nSPS) is 12.5. The molecule has 1 aromatic carbocycles. The number of hydrogen-bond donors (Lipinski definition) is 0. The van der Waals surface area contributed by atoms with E-state index in [9.17, 15) is 22.4 Å². The number of rotatable bonds is 4. The second kappa shape index (κ2) is 7.38. The molecule has 0 fully saturated rings. The predicted octanol–water partition coefficient (Wildman–Crippen LogP) is 5.34. The summed E-state index contributed by atoms with van der Waals surface area (Å²) in [5.41, 5.74) is -0.398. The second-order valence-electron chi connectivity index (χ2n) is 6.25. The molecule has 3 aromatic rings. The van der Waals surface area contributed by atoms with Crippen LogP contribution in [0.4, 0.5) is 17.6 Å². The number of nitrogens with zero attached hydrogens (tertiary/aromatic N) is 3. The highest BCUT2D eigenvalue weighted by Gasteiger charge is 2.32. The van der Waals surface area contributed by atoms with Crippen LogP contribution in [0.3, 0.4) is 0 Å². The average Bonchev–Trinajstić information content (AvgIpc) is 2.98. The van der Waals surface area contributed by atoms with Crippen LogP contribution in [0.2, 0.25) is 0 Å². The maximum Gasteiger partial charge on any atom is 0.417 e. The van der Waals surface area contributed by atoms with Crippen LogP contribution in [0.1, 0.15) is 15.9 Å². The summed E-state index contributed by atoms with van der Waals surface area (Å²) >= 11 is 3.30. The molecule has 0 amide bonds. The van der Waals surface area contributed by atoms with Gasteiger partial charge in [0, 0.05) is 36.5 Å². The quantitative estimate of drug-likeness (QED) is 0.302. The number of fused-ring (bicyclic) bond motifs is 1. The summed E-state index contributed by atoms with van der Waals surface area (Å²) in [5, 5.41) is 4.15. The van der Waals surface area contributed by atoms with E-state index in [0.717, 1.165) is 29.0 Å². The van der Waals surface area contributed by atoms with Gasteiger partial charge < -0.3 is 4.90 Å². The molecule has 2 heterocycles. The lowest BCUT2D eigenvalue weighted by Gasteiger charge is -2.07. The molecule has 0 aliphatic rings. The number of hydrogen-bond acceptors (Lipinski definition) is 3. The summed E-state index contributed by atoms with van der Waals surface area (Å²) in [4.78, 5) is 14.1. The third kappa shape index (κ3) is 3.94. The van der Waals surface area contributed by atoms with Crippen LogP contribution in [0, 0.1) is 0 Å². The number of halogens is 5. The lowest BCUT2D eigenvalue weighted by atomic mass is 10.0. The van der Waals surface area contributed by atoms with E-state index in [2.05, 4.69) is 21.0 Å². The summed E-state index contributed by atoms with van der Waals surface area (Å²) in [6, 6.07) is 8.68. The van der Waals surface area contributed by atoms with Gasteiger partial charge in [-0.2, -0.15) is 18.3 Å². The standard InChI is InChI=1S/C19H14BrF4N3O/c1-26(2)10-14(21)18(28)16-15-7-6-12(19(22,23)24)9-27(15)25-17(16)11-4-3-5-13(20)8-11/h3-10H,1-2H3/b14-10+. The lowest BCUT2D eigenvalue weighted by molar-refractivity contribution is -0.137. The summed E-state index contributed by atoms with van der Waals surface area (Å²) < 4.78 is 55.2. The van der Waals surface area contributed by atoms with Gasteiger partial charge in [0.05, 0.1) is 16.6 Å². The fourth-order valence-corrected chi connectivity index (χ4v) is 3.08. The lowest BCUT2D eigenvalue weighted by Crippen LogP contribution is -2.08. The van der Waals surface area contributed by atoms with Crippen molar-refractivity contribution in [3.8, 4) is 11.3 Å². The minimum atomic E-state index is -4.57. The van der Waals surface area contributed by atoms with Crippen molar-refractivity contribution in [2.45, 2.75) is 6.18 Å². The van der Waals surface area contributed by atoms with Crippen molar-refractivity contribution in [1.29, 1.82) is 0 Å². The Bertz CT molecular complexity index is 1090. The van der Waals surface area contributed by atoms with Gasteiger partial charge in [0.2, 0.25) is 5.78 Å². The number of alkyl halides is 3. The van der Waals surface area contributed by atoms with Crippen LogP contribution in [0.5, 0.6) is 0 Å². The molecule has 0 aliphatic carbocycles. The Hall–Kier alpha value is -2.68. The molecule has 3 rings (SSSR count). The zero-order valence-electron chi connectivity index (χ0n) is 14.8. The van der Waals surface area contributed by atoms with Gasteiger partial charge >= 0.3 is 6.18 Å². The smallest absolute Gasteiger partial charge is 0.381 e. The molecule has 9 heteroatoms. The van der Waals surface area contributed by atoms with Crippen LogP contribution >= 0.6 is 15.9 Å². The summed E-state index contributed by atoms with van der Waals surface area (Å²) in [7, 11) is 3.10. The maximum absolute atomic E-state index is 14.4. The first kappa shape index (κ1) is 20.1. The minimum absolute atomic E-state index is 0.0790. The van der Waals surface area contributed by atoms with Crippen LogP contribution in [-0.2, 0) is 6.18 Å². The average molecular weight is 456 g/mol. The van der Waals surface area contributed by atoms with Gasteiger partial charge in [-0.3, -0.25) is 4.79 Å². The number of Topliss-reactive ketones (excluding diaryl/α,β-unsaturated/α-hetero) is 1. The van der Waals surface area contributed by atoms with Gasteiger partial charge in [0.25, 0.3) is 0 Å². The predicted molar refractivity (Wildman–Crippen MR) is 101 cm³/mol. The highest BCUT2D eigenvalue weighted by atomic mass is 79.9. The Kier molecular flexibility index (Phi) is 5.29. The van der Waals surface area contributed by atoms with Gasteiger partial charge in [-0.05, 0) is 24.3 Å². The first-order chi connectivity index (χ1) is 13.1. The number of allylic oxidation sites excluding steroid dienone is 1. The van der Waals surface area contributed by atoms with Crippen molar-refractivity contribution in [3.63, 3.8) is 0 Å². The van der Waals surface area contributed by atoms with Gasteiger partial charge in [0.15, 0.2) is 5.83 Å². The highest BCUT2D eigenvalue weighted by molar-refractivity contribution is 9.10. The van der Waals surface area contributed by atoms with Crippen LogP contribution in [-0.4, -0.2) is 34.4 Å². The van der Waals surface area contributed by atoms with Crippen molar-refractivity contribution in [2.24, 2.45) is 0 Å². The van der Waals surface area contributed by atoms with Gasteiger partial charge in [-0.25, -0.2) is 8.91 Å². The molecule has 0 saturated carbocycles. The molecule has 4 nitrogen and oxygen atoms in total. The molecule has 0 N–H and O–H groups in total. The van der Waals surface area contributed by atoms with E-state index in [1.54, 1.807) is 38.4 Å². The zero-order valence-corrected chi connectivity index (χ0v) is 16.3. The van der Waals surface area contributed by atoms with Crippen molar-refractivity contribution in [3.05, 3.63) is 70.2 Å². The van der Waals surface area contributed by atoms with Crippen molar-refractivity contribution in [2.75, 3.05) is 14.1 Å². The second-order valence-corrected chi connectivity index (χ2v) is 7.16. The molecule has 0 aliphatic heterocycles. The molecule has 2 aromatic heterocycles. The van der Waals surface area contributed by atoms with E-state index in [-0.39, 0.29) is 16.8 Å². The van der Waals surface area contributed by atoms with Gasteiger partial charge in [0.1, 0.15) is 5.69 Å². The van der Waals surface area contributed by atoms with Crippen molar-refractivity contribution >= 4 is 27.2 Å². The first-order valence-electron chi connectivity index (χ1n) is 8.02. The number of pyridine rings is 1. The first-order valence-corrected chi connectivity index (χ1v) is 8.81. The fourth-order valence-electron chi connectivity index (χ4n) is 2.68. The zero-order chi connectivity index (χ0) is 20.6. The minimum Gasteiger partial charge on any atom is -0.381 e. The van der Waals surface area contributed by atoms with E-state index in [1.807, 2.05) is 0 Å². The third-order valence-corrected chi connectivity index (χ3v) is 4.36. The van der Waals surface area contributed by atoms with E-state index < -0.39 is 23.3 Å². The Morgan fingerprint density at radius 3 is 2.54 bits per heavy atom. The van der Waals surface area contributed by atoms with Crippen LogP contribution < -0.4 is 0 Å². The molecule has 0 spiro atoms. The molecule has 0 unspecified atom stereocenters. The van der Waals surface area contributed by atoms with E-state index in [0.29, 0.717) is 10.0 Å². The molecule has 0 saturated heterocycles. The number of ketones is 1. The molecular formula is C19H14BrF4N3O. The molecule has 0 radical (unpaired) electrons. The molecule has 0 atom stereocenters. The highest BCUT2D eigenvalue weighted by Crippen LogP contribution is 2.33. The SMILES string of the molecule is CN(C)/C=C(/F)C(=O)c1c(-c2cccc(Br)c2)nn2cc(C(F)(F)F)ccc12. The molecule has 0 bridgehead atoms. The summed E-state index contributed by atoms with van der Waals surface area (Å²) in [5.74, 6) is -2.01. The summed E-state index contributed by atoms with van der Waals surface area (Å²) in [6.07, 6.45) is -2.79. The monoisotopic (exact) mass is 455 g/mol. The molecule has 28 heavy (non-hydrogen) atoms. The fraction of sp³-hybridized carbons (Fsp3) is 0.158. The van der Waals surface area contributed by atoms with E-state index in [1.165, 1.54) is 4.90 Å². The molecular weight excluding hydrogens is 442 g/mol. The van der Waals surface area contributed by atoms with E-state index in [4.69, 9.17) is 0 Å². The number of aromatic nitrogens is 2. The van der Waals surface area contributed by atoms with Crippen molar-refractivity contribution < 1.29 is 22.4 Å². The largest absolute Gasteiger partial charge is 0.417 e. The molecule has 146 valence electrons. The summed E-state index contributed by atoms with van der Waals surface area (Å²) in [6.45, 7) is 0. The number of carbonyl (C=O) groups excluding carboxylic acids is 1. The van der Waals surface area contributed by atoms with E-state index >= 15 is 0 Å². The number of benzene rings is 1.